The van der Waals surface area contributed by atoms with E-state index in [1.165, 1.54) is 16.7 Å². The smallest absolute Gasteiger partial charge is 0.292 e. The number of aryl methyl sites for hydroxylation is 1. The van der Waals surface area contributed by atoms with Crippen molar-refractivity contribution in [2.45, 2.75) is 38.3 Å². The summed E-state index contributed by atoms with van der Waals surface area (Å²) in [5.74, 6) is -0.185. The predicted octanol–water partition coefficient (Wildman–Crippen LogP) is 2.04. The van der Waals surface area contributed by atoms with Crippen molar-refractivity contribution >= 4 is 35.0 Å². The van der Waals surface area contributed by atoms with Gasteiger partial charge in [0, 0.05) is 11.7 Å². The molecule has 0 saturated heterocycles. The highest BCUT2D eigenvalue weighted by atomic mass is 32.2. The molecule has 3 rings (SSSR count). The third-order valence-corrected chi connectivity index (χ3v) is 4.99. The number of benzene rings is 1. The van der Waals surface area contributed by atoms with E-state index in [0.29, 0.717) is 16.3 Å². The Balaban J connectivity index is 1.85. The molecule has 0 radical (unpaired) electrons. The molecule has 1 aromatic heterocycles. The molecule has 26 heavy (non-hydrogen) atoms. The van der Waals surface area contributed by atoms with Gasteiger partial charge in [0.25, 0.3) is 5.56 Å². The van der Waals surface area contributed by atoms with Crippen LogP contribution in [0.25, 0.3) is 0 Å². The molecule has 0 fully saturated rings. The summed E-state index contributed by atoms with van der Waals surface area (Å²) in [6.07, 6.45) is 1.54. The summed E-state index contributed by atoms with van der Waals surface area (Å²) in [6, 6.07) is 7.23. The normalized spacial score (nSPS) is 13.7. The van der Waals surface area contributed by atoms with Crippen LogP contribution in [0, 0.1) is 6.92 Å². The van der Waals surface area contributed by atoms with Crippen molar-refractivity contribution in [2.24, 2.45) is 0 Å². The van der Waals surface area contributed by atoms with Crippen LogP contribution in [0.1, 0.15) is 19.4 Å². The molecule has 7 nitrogen and oxygen atoms in total. The topological polar surface area (TPSA) is 84.3 Å². The number of fused-ring (bicyclic) bond motifs is 1. The Morgan fingerprint density at radius 3 is 2.62 bits per heavy atom. The van der Waals surface area contributed by atoms with Crippen molar-refractivity contribution in [1.82, 2.24) is 9.78 Å². The van der Waals surface area contributed by atoms with Crippen molar-refractivity contribution < 1.29 is 9.59 Å². The summed E-state index contributed by atoms with van der Waals surface area (Å²) in [7, 11) is 0. The standard InChI is InChI=1S/C18H20N4O3S/c1-11(2)22-16(24)10-26-14-8-19-21(18(25)17(14)22)9-15(23)20-13-6-4-12(3)5-7-13/h4-8,11H,9-10H2,1-3H3,(H,20,23). The molecule has 0 unspecified atom stereocenters. The first-order chi connectivity index (χ1) is 12.4. The average molecular weight is 372 g/mol. The molecular formula is C18H20N4O3S. The molecule has 0 saturated carbocycles. The number of carbonyl (C=O) groups is 2. The Bertz CT molecular complexity index is 906. The van der Waals surface area contributed by atoms with E-state index in [0.717, 1.165) is 10.2 Å². The lowest BCUT2D eigenvalue weighted by Crippen LogP contribution is -2.45. The molecule has 8 heteroatoms. The van der Waals surface area contributed by atoms with Gasteiger partial charge in [-0.3, -0.25) is 14.4 Å². The van der Waals surface area contributed by atoms with E-state index in [-0.39, 0.29) is 30.2 Å². The van der Waals surface area contributed by atoms with E-state index in [1.54, 1.807) is 18.3 Å². The van der Waals surface area contributed by atoms with Gasteiger partial charge in [-0.15, -0.1) is 11.8 Å². The quantitative estimate of drug-likeness (QED) is 0.888. The van der Waals surface area contributed by atoms with E-state index in [1.807, 2.05) is 32.9 Å². The van der Waals surface area contributed by atoms with E-state index in [4.69, 9.17) is 0 Å². The number of hydrogen-bond donors (Lipinski definition) is 1. The van der Waals surface area contributed by atoms with Crippen molar-refractivity contribution in [2.75, 3.05) is 16.0 Å². The first kappa shape index (κ1) is 18.2. The molecule has 0 spiro atoms. The molecule has 2 amide bonds. The van der Waals surface area contributed by atoms with Gasteiger partial charge in [-0.2, -0.15) is 5.10 Å². The van der Waals surface area contributed by atoms with Gasteiger partial charge in [-0.25, -0.2) is 4.68 Å². The van der Waals surface area contributed by atoms with Crippen molar-refractivity contribution in [1.29, 1.82) is 0 Å². The molecule has 2 heterocycles. The Labute approximate surface area is 155 Å². The van der Waals surface area contributed by atoms with Crippen LogP contribution in [0.3, 0.4) is 0 Å². The molecule has 1 aliphatic heterocycles. The number of aromatic nitrogens is 2. The summed E-state index contributed by atoms with van der Waals surface area (Å²) in [6.45, 7) is 5.45. The summed E-state index contributed by atoms with van der Waals surface area (Å²) in [5.41, 5.74) is 1.61. The van der Waals surface area contributed by atoms with Gasteiger partial charge in [-0.05, 0) is 32.9 Å². The van der Waals surface area contributed by atoms with Crippen LogP contribution in [-0.4, -0.2) is 33.4 Å². The van der Waals surface area contributed by atoms with Gasteiger partial charge in [-0.1, -0.05) is 17.7 Å². The number of nitrogens with one attached hydrogen (secondary N) is 1. The second-order valence-corrected chi connectivity index (χ2v) is 7.40. The summed E-state index contributed by atoms with van der Waals surface area (Å²) >= 11 is 1.30. The molecule has 2 aromatic rings. The highest BCUT2D eigenvalue weighted by Gasteiger charge is 2.30. The molecular weight excluding hydrogens is 352 g/mol. The minimum atomic E-state index is -0.434. The van der Waals surface area contributed by atoms with Crippen molar-refractivity contribution in [3.05, 3.63) is 46.4 Å². The lowest BCUT2D eigenvalue weighted by Gasteiger charge is -2.31. The molecule has 0 bridgehead atoms. The SMILES string of the molecule is Cc1ccc(NC(=O)Cn2ncc3c(c2=O)N(C(C)C)C(=O)CS3)cc1. The van der Waals surface area contributed by atoms with Crippen molar-refractivity contribution in [3.8, 4) is 0 Å². The fourth-order valence-electron chi connectivity index (χ4n) is 2.76. The van der Waals surface area contributed by atoms with Crippen LogP contribution in [0.5, 0.6) is 0 Å². The number of nitrogens with zero attached hydrogens (tertiary/aromatic N) is 3. The Morgan fingerprint density at radius 1 is 1.27 bits per heavy atom. The van der Waals surface area contributed by atoms with E-state index in [2.05, 4.69) is 10.4 Å². The highest BCUT2D eigenvalue weighted by molar-refractivity contribution is 8.00. The zero-order chi connectivity index (χ0) is 18.8. The number of anilines is 2. The average Bonchev–Trinajstić information content (AvgIpc) is 2.59. The molecule has 1 aromatic carbocycles. The number of rotatable bonds is 4. The number of hydrogen-bond acceptors (Lipinski definition) is 5. The lowest BCUT2D eigenvalue weighted by atomic mass is 10.2. The van der Waals surface area contributed by atoms with Gasteiger partial charge >= 0.3 is 0 Å². The Kier molecular flexibility index (Phi) is 5.13. The third kappa shape index (κ3) is 3.65. The maximum absolute atomic E-state index is 12.8. The van der Waals surface area contributed by atoms with Crippen LogP contribution in [-0.2, 0) is 16.1 Å². The fraction of sp³-hybridized carbons (Fsp3) is 0.333. The van der Waals surface area contributed by atoms with Crippen LogP contribution in [0.4, 0.5) is 11.4 Å². The third-order valence-electron chi connectivity index (χ3n) is 3.99. The van der Waals surface area contributed by atoms with Gasteiger partial charge in [0.05, 0.1) is 16.8 Å². The number of carbonyl (C=O) groups excluding carboxylic acids is 2. The van der Waals surface area contributed by atoms with E-state index in [9.17, 15) is 14.4 Å². The zero-order valence-electron chi connectivity index (χ0n) is 14.9. The summed E-state index contributed by atoms with van der Waals surface area (Å²) in [4.78, 5) is 39.5. The molecule has 136 valence electrons. The summed E-state index contributed by atoms with van der Waals surface area (Å²) in [5, 5.41) is 6.83. The van der Waals surface area contributed by atoms with Gasteiger partial charge in [0.15, 0.2) is 0 Å². The monoisotopic (exact) mass is 372 g/mol. The first-order valence-electron chi connectivity index (χ1n) is 8.28. The Morgan fingerprint density at radius 2 is 1.96 bits per heavy atom. The minimum absolute atomic E-state index is 0.114. The van der Waals surface area contributed by atoms with Crippen LogP contribution < -0.4 is 15.8 Å². The summed E-state index contributed by atoms with van der Waals surface area (Å²) < 4.78 is 1.09. The first-order valence-corrected chi connectivity index (χ1v) is 9.27. The van der Waals surface area contributed by atoms with Crippen LogP contribution >= 0.6 is 11.8 Å². The fourth-order valence-corrected chi connectivity index (χ4v) is 3.62. The van der Waals surface area contributed by atoms with Crippen molar-refractivity contribution in [3.63, 3.8) is 0 Å². The predicted molar refractivity (Wildman–Crippen MR) is 102 cm³/mol. The molecule has 0 atom stereocenters. The number of amides is 2. The molecule has 1 aliphatic rings. The maximum Gasteiger partial charge on any atom is 0.292 e. The van der Waals surface area contributed by atoms with Gasteiger partial charge in [0.1, 0.15) is 12.2 Å². The largest absolute Gasteiger partial charge is 0.324 e. The second kappa shape index (κ2) is 7.33. The van der Waals surface area contributed by atoms with Gasteiger partial charge < -0.3 is 10.2 Å². The second-order valence-electron chi connectivity index (χ2n) is 6.38. The van der Waals surface area contributed by atoms with Crippen LogP contribution in [0.2, 0.25) is 0 Å². The van der Waals surface area contributed by atoms with Crippen LogP contribution in [0.15, 0.2) is 40.2 Å². The minimum Gasteiger partial charge on any atom is -0.324 e. The highest BCUT2D eigenvalue weighted by Crippen LogP contribution is 2.32. The molecule has 1 N–H and O–H groups in total. The van der Waals surface area contributed by atoms with Gasteiger partial charge in [0.2, 0.25) is 11.8 Å². The van der Waals surface area contributed by atoms with E-state index < -0.39 is 5.56 Å². The Hall–Kier alpha value is -2.61. The number of thioether (sulfide) groups is 1. The molecule has 0 aliphatic carbocycles. The van der Waals surface area contributed by atoms with E-state index >= 15 is 0 Å². The zero-order valence-corrected chi connectivity index (χ0v) is 15.7. The lowest BCUT2D eigenvalue weighted by molar-refractivity contribution is -0.117. The maximum atomic E-state index is 12.8.